The van der Waals surface area contributed by atoms with Gasteiger partial charge in [0, 0.05) is 16.9 Å². The molecule has 0 amide bonds. The van der Waals surface area contributed by atoms with Crippen LogP contribution in [0.2, 0.25) is 0 Å². The fourth-order valence-electron chi connectivity index (χ4n) is 3.62. The lowest BCUT2D eigenvalue weighted by Gasteiger charge is -2.14. The summed E-state index contributed by atoms with van der Waals surface area (Å²) in [5.41, 5.74) is -1.70. The molecule has 0 fully saturated rings. The Morgan fingerprint density at radius 2 is 1.24 bits per heavy atom. The molecule has 13 heteroatoms. The van der Waals surface area contributed by atoms with E-state index in [4.69, 9.17) is 0 Å². The van der Waals surface area contributed by atoms with Gasteiger partial charge in [0.2, 0.25) is 5.88 Å². The van der Waals surface area contributed by atoms with Gasteiger partial charge in [0.25, 0.3) is 0 Å². The summed E-state index contributed by atoms with van der Waals surface area (Å²) in [4.78, 5) is 0. The molecule has 38 heavy (non-hydrogen) atoms. The normalized spacial score (nSPS) is 12.4. The largest absolute Gasteiger partial charge is 0.573 e. The van der Waals surface area contributed by atoms with E-state index in [1.807, 2.05) is 0 Å². The van der Waals surface area contributed by atoms with E-state index in [1.165, 1.54) is 18.2 Å². The maximum Gasteiger partial charge on any atom is 0.573 e. The number of aromatic nitrogens is 1. The van der Waals surface area contributed by atoms with Gasteiger partial charge in [-0.15, -0.1) is 13.2 Å². The first-order chi connectivity index (χ1) is 17.6. The second-order valence-corrected chi connectivity index (χ2v) is 7.92. The molecule has 0 aliphatic rings. The first-order valence-electron chi connectivity index (χ1n) is 10.5. The smallest absolute Gasteiger partial charge is 0.493 e. The second kappa shape index (κ2) is 9.54. The van der Waals surface area contributed by atoms with Gasteiger partial charge < -0.3 is 15.2 Å². The summed E-state index contributed by atoms with van der Waals surface area (Å²) < 4.78 is 121. The second-order valence-electron chi connectivity index (χ2n) is 7.92. The van der Waals surface area contributed by atoms with Crippen LogP contribution in [0.5, 0.6) is 11.6 Å². The molecule has 4 rings (SSSR count). The van der Waals surface area contributed by atoms with Gasteiger partial charge in [-0.25, -0.2) is 0 Å². The highest BCUT2D eigenvalue weighted by Gasteiger charge is 2.32. The van der Waals surface area contributed by atoms with E-state index in [-0.39, 0.29) is 28.3 Å². The van der Waals surface area contributed by atoms with Crippen molar-refractivity contribution in [3.63, 3.8) is 0 Å². The quantitative estimate of drug-likeness (QED) is 0.247. The van der Waals surface area contributed by atoms with Gasteiger partial charge in [0.1, 0.15) is 11.4 Å². The van der Waals surface area contributed by atoms with E-state index in [1.54, 1.807) is 0 Å². The van der Waals surface area contributed by atoms with E-state index in [2.05, 4.69) is 10.1 Å². The van der Waals surface area contributed by atoms with Crippen LogP contribution < -0.4 is 10.1 Å². The molecule has 2 N–H and O–H groups in total. The lowest BCUT2D eigenvalue weighted by Crippen LogP contribution is -2.17. The molecule has 0 spiro atoms. The SMILES string of the molecule is Oc1c(Nc2ccc(C(F)(F)F)cc2)cc(-c2cccc(OC(F)(F)F)c2)n1-c1ccc(C(F)(F)F)cc1. The number of aromatic hydroxyl groups is 1. The predicted molar refractivity (Wildman–Crippen MR) is 119 cm³/mol. The number of nitrogens with zero attached hydrogens (tertiary/aromatic N) is 1. The molecular formula is C25H15F9N2O2. The first-order valence-corrected chi connectivity index (χ1v) is 10.5. The van der Waals surface area contributed by atoms with Crippen molar-refractivity contribution < 1.29 is 49.4 Å². The average molecular weight is 546 g/mol. The number of rotatable bonds is 5. The van der Waals surface area contributed by atoms with Crippen molar-refractivity contribution in [2.45, 2.75) is 18.7 Å². The third-order valence-corrected chi connectivity index (χ3v) is 5.28. The van der Waals surface area contributed by atoms with Gasteiger partial charge in [-0.3, -0.25) is 4.57 Å². The molecule has 1 aromatic heterocycles. The van der Waals surface area contributed by atoms with Crippen molar-refractivity contribution in [1.29, 1.82) is 0 Å². The topological polar surface area (TPSA) is 46.4 Å². The van der Waals surface area contributed by atoms with Gasteiger partial charge in [-0.2, -0.15) is 26.3 Å². The Morgan fingerprint density at radius 1 is 0.684 bits per heavy atom. The average Bonchev–Trinajstić information content (AvgIpc) is 3.13. The number of ether oxygens (including phenoxy) is 1. The third-order valence-electron chi connectivity index (χ3n) is 5.28. The number of nitrogens with one attached hydrogen (secondary N) is 1. The zero-order valence-electron chi connectivity index (χ0n) is 18.7. The van der Waals surface area contributed by atoms with Crippen molar-refractivity contribution in [2.75, 3.05) is 5.32 Å². The van der Waals surface area contributed by atoms with E-state index >= 15 is 0 Å². The highest BCUT2D eigenvalue weighted by Crippen LogP contribution is 2.41. The maximum atomic E-state index is 13.0. The molecular weight excluding hydrogens is 531 g/mol. The maximum absolute atomic E-state index is 13.0. The molecule has 0 atom stereocenters. The summed E-state index contributed by atoms with van der Waals surface area (Å²) in [6, 6.07) is 13.3. The Hall–Kier alpha value is -4.29. The summed E-state index contributed by atoms with van der Waals surface area (Å²) in [6.07, 6.45) is -14.2. The van der Waals surface area contributed by atoms with E-state index in [0.717, 1.165) is 65.2 Å². The molecule has 1 heterocycles. The van der Waals surface area contributed by atoms with E-state index in [0.29, 0.717) is 0 Å². The molecule has 4 nitrogen and oxygen atoms in total. The summed E-state index contributed by atoms with van der Waals surface area (Å²) in [5.74, 6) is -1.16. The molecule has 3 aromatic carbocycles. The summed E-state index contributed by atoms with van der Waals surface area (Å²) in [6.45, 7) is 0. The monoisotopic (exact) mass is 546 g/mol. The molecule has 4 aromatic rings. The van der Waals surface area contributed by atoms with Gasteiger partial charge in [-0.05, 0) is 66.7 Å². The van der Waals surface area contributed by atoms with E-state index < -0.39 is 41.5 Å². The predicted octanol–water partition coefficient (Wildman–Crippen LogP) is 8.53. The summed E-state index contributed by atoms with van der Waals surface area (Å²) in [5, 5.41) is 13.7. The lowest BCUT2D eigenvalue weighted by molar-refractivity contribution is -0.274. The van der Waals surface area contributed by atoms with E-state index in [9.17, 15) is 44.6 Å². The molecule has 0 aliphatic heterocycles. The van der Waals surface area contributed by atoms with Gasteiger partial charge in [-0.1, -0.05) is 12.1 Å². The third kappa shape index (κ3) is 5.98. The van der Waals surface area contributed by atoms with Crippen molar-refractivity contribution in [3.8, 4) is 28.6 Å². The van der Waals surface area contributed by atoms with Crippen LogP contribution in [0, 0.1) is 0 Å². The Labute approximate surface area is 208 Å². The highest BCUT2D eigenvalue weighted by atomic mass is 19.4. The zero-order chi connectivity index (χ0) is 27.9. The minimum absolute atomic E-state index is 0.0214. The van der Waals surface area contributed by atoms with Crippen molar-refractivity contribution in [3.05, 3.63) is 90.0 Å². The van der Waals surface area contributed by atoms with Crippen molar-refractivity contribution in [1.82, 2.24) is 4.57 Å². The molecule has 0 unspecified atom stereocenters. The molecule has 0 radical (unpaired) electrons. The van der Waals surface area contributed by atoms with Gasteiger partial charge >= 0.3 is 18.7 Å². The Balaban J connectivity index is 1.80. The van der Waals surface area contributed by atoms with Gasteiger partial charge in [0.15, 0.2) is 0 Å². The first kappa shape index (κ1) is 26.8. The minimum Gasteiger partial charge on any atom is -0.493 e. The number of benzene rings is 3. The minimum atomic E-state index is -4.99. The standard InChI is InChI=1S/C25H15F9N2O2/c26-23(27,28)15-4-8-17(9-5-15)35-20-13-21(14-2-1-3-19(12-14)38-25(32,33)34)36(22(20)37)18-10-6-16(7-11-18)24(29,30)31/h1-13,35,37H. The number of alkyl halides is 9. The lowest BCUT2D eigenvalue weighted by atomic mass is 10.1. The van der Waals surface area contributed by atoms with Crippen molar-refractivity contribution in [2.24, 2.45) is 0 Å². The molecule has 0 bridgehead atoms. The number of anilines is 2. The molecule has 200 valence electrons. The molecule has 0 saturated heterocycles. The van der Waals surface area contributed by atoms with Gasteiger partial charge in [0.05, 0.1) is 16.8 Å². The van der Waals surface area contributed by atoms with Crippen LogP contribution in [0.15, 0.2) is 78.9 Å². The fraction of sp³-hybridized carbons (Fsp3) is 0.120. The number of hydrogen-bond acceptors (Lipinski definition) is 3. The van der Waals surface area contributed by atoms with Crippen LogP contribution in [0.25, 0.3) is 16.9 Å². The summed E-state index contributed by atoms with van der Waals surface area (Å²) in [7, 11) is 0. The van der Waals surface area contributed by atoms with Crippen LogP contribution in [0.4, 0.5) is 50.9 Å². The Bertz CT molecular complexity index is 1420. The Kier molecular flexibility index (Phi) is 6.72. The number of hydrogen-bond donors (Lipinski definition) is 2. The Morgan fingerprint density at radius 3 is 1.76 bits per heavy atom. The fourth-order valence-corrected chi connectivity index (χ4v) is 3.62. The van der Waals surface area contributed by atoms with Crippen LogP contribution in [0.3, 0.4) is 0 Å². The van der Waals surface area contributed by atoms with Crippen LogP contribution >= 0.6 is 0 Å². The number of halogens is 9. The zero-order valence-corrected chi connectivity index (χ0v) is 18.7. The highest BCUT2D eigenvalue weighted by molar-refractivity contribution is 5.77. The molecule has 0 saturated carbocycles. The van der Waals surface area contributed by atoms with Crippen molar-refractivity contribution >= 4 is 11.4 Å². The van der Waals surface area contributed by atoms with Crippen LogP contribution in [-0.2, 0) is 12.4 Å². The van der Waals surface area contributed by atoms with Crippen LogP contribution in [0.1, 0.15) is 11.1 Å². The van der Waals surface area contributed by atoms with Crippen LogP contribution in [-0.4, -0.2) is 16.0 Å². The summed E-state index contributed by atoms with van der Waals surface area (Å²) >= 11 is 0. The molecule has 0 aliphatic carbocycles.